The Bertz CT molecular complexity index is 354. The van der Waals surface area contributed by atoms with E-state index in [1.54, 1.807) is 0 Å². The van der Waals surface area contributed by atoms with Gasteiger partial charge in [0.25, 0.3) is 0 Å². The molecule has 0 saturated heterocycles. The fraction of sp³-hybridized carbons (Fsp3) is 0.364. The zero-order valence-electron chi connectivity index (χ0n) is 9.13. The molecule has 0 atom stereocenters. The van der Waals surface area contributed by atoms with E-state index in [-0.39, 0.29) is 0 Å². The highest BCUT2D eigenvalue weighted by atomic mass is 32.2. The Kier molecular flexibility index (Phi) is 4.03. The molecule has 0 radical (unpaired) electrons. The molecule has 0 aliphatic carbocycles. The third kappa shape index (κ3) is 3.47. The summed E-state index contributed by atoms with van der Waals surface area (Å²) < 4.78 is 0. The van der Waals surface area contributed by atoms with E-state index < -0.39 is 6.09 Å². The molecule has 2 N–H and O–H groups in total. The first-order chi connectivity index (χ1) is 7.00. The van der Waals surface area contributed by atoms with Crippen LogP contribution >= 0.6 is 11.8 Å². The van der Waals surface area contributed by atoms with Gasteiger partial charge in [0.15, 0.2) is 0 Å². The summed E-state index contributed by atoms with van der Waals surface area (Å²) in [7, 11) is 0. The van der Waals surface area contributed by atoms with Crippen LogP contribution in [0.3, 0.4) is 0 Å². The topological polar surface area (TPSA) is 49.3 Å². The van der Waals surface area contributed by atoms with Gasteiger partial charge in [-0.25, -0.2) is 4.79 Å². The fourth-order valence-corrected chi connectivity index (χ4v) is 2.14. The Morgan fingerprint density at radius 3 is 2.33 bits per heavy atom. The first-order valence-electron chi connectivity index (χ1n) is 4.68. The van der Waals surface area contributed by atoms with Crippen LogP contribution in [0.1, 0.15) is 16.7 Å². The molecule has 0 fully saturated rings. The number of thioether (sulfide) groups is 1. The predicted molar refractivity (Wildman–Crippen MR) is 62.5 cm³/mol. The smallest absolute Gasteiger partial charge is 0.405 e. The van der Waals surface area contributed by atoms with Crippen molar-refractivity contribution >= 4 is 17.9 Å². The third-order valence-electron chi connectivity index (χ3n) is 2.36. The molecular formula is C11H15NO2S. The number of carbonyl (C=O) groups is 1. The van der Waals surface area contributed by atoms with Gasteiger partial charge in [0.1, 0.15) is 0 Å². The average molecular weight is 225 g/mol. The summed E-state index contributed by atoms with van der Waals surface area (Å²) >= 11 is 1.49. The Hall–Kier alpha value is -1.16. The number of rotatable bonds is 3. The highest BCUT2D eigenvalue weighted by Gasteiger charge is 2.02. The highest BCUT2D eigenvalue weighted by Crippen LogP contribution is 2.23. The number of aryl methyl sites for hydroxylation is 2. The number of hydrogen-bond acceptors (Lipinski definition) is 2. The van der Waals surface area contributed by atoms with Gasteiger partial charge >= 0.3 is 6.09 Å². The molecule has 0 heterocycles. The summed E-state index contributed by atoms with van der Waals surface area (Å²) in [6.07, 6.45) is -0.983. The van der Waals surface area contributed by atoms with Crippen molar-refractivity contribution in [2.75, 3.05) is 5.88 Å². The lowest BCUT2D eigenvalue weighted by molar-refractivity contribution is 0.196. The summed E-state index contributed by atoms with van der Waals surface area (Å²) in [6, 6.07) is 4.16. The zero-order chi connectivity index (χ0) is 11.4. The molecule has 4 heteroatoms. The van der Waals surface area contributed by atoms with Crippen molar-refractivity contribution in [1.82, 2.24) is 5.32 Å². The van der Waals surface area contributed by atoms with E-state index in [0.29, 0.717) is 5.88 Å². The second kappa shape index (κ2) is 5.07. The molecule has 0 aromatic heterocycles. The molecule has 0 aliphatic rings. The second-order valence-electron chi connectivity index (χ2n) is 3.45. The maximum absolute atomic E-state index is 10.3. The van der Waals surface area contributed by atoms with Gasteiger partial charge in [-0.3, -0.25) is 0 Å². The van der Waals surface area contributed by atoms with Gasteiger partial charge in [-0.05, 0) is 49.6 Å². The van der Waals surface area contributed by atoms with Crippen molar-refractivity contribution in [1.29, 1.82) is 0 Å². The van der Waals surface area contributed by atoms with Gasteiger partial charge in [0.05, 0.1) is 5.88 Å². The number of hydrogen-bond donors (Lipinski definition) is 2. The number of amides is 1. The summed E-state index contributed by atoms with van der Waals surface area (Å²) in [4.78, 5) is 11.4. The minimum Gasteiger partial charge on any atom is -0.465 e. The molecule has 15 heavy (non-hydrogen) atoms. The van der Waals surface area contributed by atoms with Crippen LogP contribution in [0.2, 0.25) is 0 Å². The third-order valence-corrected chi connectivity index (χ3v) is 3.22. The van der Waals surface area contributed by atoms with E-state index in [1.165, 1.54) is 28.5 Å². The summed E-state index contributed by atoms with van der Waals surface area (Å²) in [5, 5.41) is 10.7. The molecule has 3 nitrogen and oxygen atoms in total. The van der Waals surface area contributed by atoms with Crippen molar-refractivity contribution in [2.24, 2.45) is 0 Å². The van der Waals surface area contributed by atoms with Gasteiger partial charge in [-0.2, -0.15) is 0 Å². The van der Waals surface area contributed by atoms with Crippen molar-refractivity contribution < 1.29 is 9.90 Å². The lowest BCUT2D eigenvalue weighted by atomic mass is 10.1. The number of benzene rings is 1. The van der Waals surface area contributed by atoms with E-state index in [9.17, 15) is 4.79 Å². The maximum atomic E-state index is 10.3. The van der Waals surface area contributed by atoms with Gasteiger partial charge in [-0.1, -0.05) is 0 Å². The molecule has 0 bridgehead atoms. The van der Waals surface area contributed by atoms with Crippen LogP contribution in [-0.4, -0.2) is 17.1 Å². The van der Waals surface area contributed by atoms with Crippen LogP contribution in [0.5, 0.6) is 0 Å². The summed E-state index contributed by atoms with van der Waals surface area (Å²) in [6.45, 7) is 6.22. The van der Waals surface area contributed by atoms with Crippen LogP contribution in [0.15, 0.2) is 17.0 Å². The van der Waals surface area contributed by atoms with E-state index >= 15 is 0 Å². The lowest BCUT2D eigenvalue weighted by Gasteiger charge is -2.08. The van der Waals surface area contributed by atoms with Crippen LogP contribution in [0, 0.1) is 20.8 Å². The largest absolute Gasteiger partial charge is 0.465 e. The number of carboxylic acid groups (broad SMARTS) is 1. The van der Waals surface area contributed by atoms with Crippen molar-refractivity contribution in [2.45, 2.75) is 25.7 Å². The van der Waals surface area contributed by atoms with E-state index in [0.717, 1.165) is 4.90 Å². The van der Waals surface area contributed by atoms with Crippen LogP contribution in [0.4, 0.5) is 4.79 Å². The maximum Gasteiger partial charge on any atom is 0.405 e. The Balaban J connectivity index is 2.66. The normalized spacial score (nSPS) is 10.1. The highest BCUT2D eigenvalue weighted by molar-refractivity contribution is 7.99. The molecule has 0 saturated carbocycles. The Morgan fingerprint density at radius 2 is 1.87 bits per heavy atom. The minimum absolute atomic E-state index is 0.386. The van der Waals surface area contributed by atoms with Crippen molar-refractivity contribution in [3.8, 4) is 0 Å². The first-order valence-corrected chi connectivity index (χ1v) is 5.66. The first kappa shape index (κ1) is 11.9. The summed E-state index contributed by atoms with van der Waals surface area (Å²) in [5.41, 5.74) is 3.78. The standard InChI is InChI=1S/C11H15NO2S/c1-7-4-10(5-8(2)9(7)3)15-6-12-11(13)14/h4-5,12H,6H2,1-3H3,(H,13,14). The molecular weight excluding hydrogens is 210 g/mol. The molecule has 0 spiro atoms. The Morgan fingerprint density at radius 1 is 1.33 bits per heavy atom. The monoisotopic (exact) mass is 225 g/mol. The van der Waals surface area contributed by atoms with Gasteiger partial charge in [0.2, 0.25) is 0 Å². The molecule has 0 aliphatic heterocycles. The fourth-order valence-electron chi connectivity index (χ4n) is 1.26. The molecule has 1 aromatic carbocycles. The van der Waals surface area contributed by atoms with E-state index in [1.807, 2.05) is 0 Å². The quantitative estimate of drug-likeness (QED) is 0.614. The van der Waals surface area contributed by atoms with E-state index in [2.05, 4.69) is 38.2 Å². The zero-order valence-corrected chi connectivity index (χ0v) is 9.94. The minimum atomic E-state index is -0.983. The molecule has 1 rings (SSSR count). The second-order valence-corrected chi connectivity index (χ2v) is 4.50. The van der Waals surface area contributed by atoms with Crippen LogP contribution < -0.4 is 5.32 Å². The lowest BCUT2D eigenvalue weighted by Crippen LogP contribution is -2.19. The van der Waals surface area contributed by atoms with Gasteiger partial charge in [0, 0.05) is 4.90 Å². The SMILES string of the molecule is Cc1cc(SCNC(=O)O)cc(C)c1C. The molecule has 1 aromatic rings. The van der Waals surface area contributed by atoms with Gasteiger partial charge in [-0.15, -0.1) is 11.8 Å². The van der Waals surface area contributed by atoms with Gasteiger partial charge < -0.3 is 10.4 Å². The van der Waals surface area contributed by atoms with Crippen molar-refractivity contribution in [3.05, 3.63) is 28.8 Å². The van der Waals surface area contributed by atoms with Crippen LogP contribution in [-0.2, 0) is 0 Å². The molecule has 1 amide bonds. The Labute approximate surface area is 93.9 Å². The predicted octanol–water partition coefficient (Wildman–Crippen LogP) is 2.93. The average Bonchev–Trinajstić information content (AvgIpc) is 2.13. The summed E-state index contributed by atoms with van der Waals surface area (Å²) in [5.74, 6) is 0.386. The van der Waals surface area contributed by atoms with Crippen molar-refractivity contribution in [3.63, 3.8) is 0 Å². The molecule has 82 valence electrons. The van der Waals surface area contributed by atoms with Crippen LogP contribution in [0.25, 0.3) is 0 Å². The molecule has 0 unspecified atom stereocenters. The number of nitrogens with one attached hydrogen (secondary N) is 1. The van der Waals surface area contributed by atoms with E-state index in [4.69, 9.17) is 5.11 Å².